The summed E-state index contributed by atoms with van der Waals surface area (Å²) in [5.74, 6) is 0.0654. The molecule has 0 radical (unpaired) electrons. The molecule has 0 saturated carbocycles. The van der Waals surface area contributed by atoms with Crippen LogP contribution in [0.25, 0.3) is 33.3 Å². The number of aromatic amines is 1. The molecule has 0 bridgehead atoms. The summed E-state index contributed by atoms with van der Waals surface area (Å²) >= 11 is 6.64. The highest BCUT2D eigenvalue weighted by atomic mass is 35.5. The van der Waals surface area contributed by atoms with E-state index in [2.05, 4.69) is 53.3 Å². The number of methoxy groups -OCH3 is 1. The number of H-pyrrole nitrogens is 1. The van der Waals surface area contributed by atoms with Crippen molar-refractivity contribution in [1.29, 1.82) is 0 Å². The smallest absolute Gasteiger partial charge is 0.338 e. The van der Waals surface area contributed by atoms with Gasteiger partial charge in [-0.25, -0.2) is 4.79 Å². The molecular formula is C29H23ClN2O3. The van der Waals surface area contributed by atoms with Crippen LogP contribution >= 0.6 is 11.6 Å². The summed E-state index contributed by atoms with van der Waals surface area (Å²) in [5, 5.41) is 0.611. The third-order valence-corrected chi connectivity index (χ3v) is 6.34. The Hall–Kier alpha value is -4.09. The number of rotatable bonds is 5. The first-order chi connectivity index (χ1) is 16.9. The van der Waals surface area contributed by atoms with E-state index in [9.17, 15) is 4.79 Å². The van der Waals surface area contributed by atoms with Crippen LogP contribution in [0.4, 0.5) is 0 Å². The number of nitrogens with zero attached hydrogens (tertiary/aromatic N) is 1. The molecule has 4 aromatic carbocycles. The predicted molar refractivity (Wildman–Crippen MR) is 139 cm³/mol. The van der Waals surface area contributed by atoms with Gasteiger partial charge in [-0.15, -0.1) is 0 Å². The first-order valence-corrected chi connectivity index (χ1v) is 11.5. The molecule has 0 aliphatic carbocycles. The molecule has 0 aliphatic heterocycles. The standard InChI is InChI=1S/C29H23ClN2O3/c1-17-6-4-5-7-22(17)19-9-11-20(12-10-19)24-15-26-27(16-25(24)30)32-29(31-26)35-21-13-8-18(2)23(14-21)28(33)34-3/h4-16H,1-3H3,(H,31,32). The van der Waals surface area contributed by atoms with E-state index < -0.39 is 5.97 Å². The summed E-state index contributed by atoms with van der Waals surface area (Å²) in [7, 11) is 1.35. The van der Waals surface area contributed by atoms with Crippen LogP contribution in [0.3, 0.4) is 0 Å². The van der Waals surface area contributed by atoms with Crippen molar-refractivity contribution in [2.24, 2.45) is 0 Å². The van der Waals surface area contributed by atoms with E-state index in [1.165, 1.54) is 18.2 Å². The number of ether oxygens (including phenoxy) is 2. The molecule has 1 aromatic heterocycles. The molecule has 5 nitrogen and oxygen atoms in total. The van der Waals surface area contributed by atoms with Crippen LogP contribution in [0.2, 0.25) is 5.02 Å². The fourth-order valence-corrected chi connectivity index (χ4v) is 4.38. The molecule has 5 rings (SSSR count). The van der Waals surface area contributed by atoms with Gasteiger partial charge in [0.25, 0.3) is 6.01 Å². The van der Waals surface area contributed by atoms with Gasteiger partial charge in [0, 0.05) is 5.56 Å². The van der Waals surface area contributed by atoms with Crippen LogP contribution in [-0.4, -0.2) is 23.0 Å². The third-order valence-electron chi connectivity index (χ3n) is 6.03. The summed E-state index contributed by atoms with van der Waals surface area (Å²) in [6.07, 6.45) is 0. The zero-order chi connectivity index (χ0) is 24.5. The largest absolute Gasteiger partial charge is 0.465 e. The van der Waals surface area contributed by atoms with Crippen molar-refractivity contribution in [3.8, 4) is 34.0 Å². The average molecular weight is 483 g/mol. The molecule has 0 aliphatic rings. The first-order valence-electron chi connectivity index (χ1n) is 11.2. The highest BCUT2D eigenvalue weighted by Gasteiger charge is 2.14. The number of esters is 1. The third kappa shape index (κ3) is 4.51. The molecule has 5 aromatic rings. The van der Waals surface area contributed by atoms with Crippen molar-refractivity contribution in [3.63, 3.8) is 0 Å². The van der Waals surface area contributed by atoms with E-state index in [0.29, 0.717) is 22.3 Å². The average Bonchev–Trinajstić information content (AvgIpc) is 3.25. The number of hydrogen-bond donors (Lipinski definition) is 1. The second kappa shape index (κ2) is 9.28. The number of aromatic nitrogens is 2. The lowest BCUT2D eigenvalue weighted by atomic mass is 9.97. The lowest BCUT2D eigenvalue weighted by Crippen LogP contribution is -2.04. The number of carbonyl (C=O) groups is 1. The maximum atomic E-state index is 12.0. The van der Waals surface area contributed by atoms with E-state index in [1.54, 1.807) is 18.2 Å². The van der Waals surface area contributed by atoms with Gasteiger partial charge in [-0.1, -0.05) is 66.2 Å². The zero-order valence-electron chi connectivity index (χ0n) is 19.6. The van der Waals surface area contributed by atoms with Crippen LogP contribution in [0.15, 0.2) is 78.9 Å². The van der Waals surface area contributed by atoms with Crippen molar-refractivity contribution >= 4 is 28.6 Å². The first kappa shape index (κ1) is 22.7. The molecular weight excluding hydrogens is 460 g/mol. The highest BCUT2D eigenvalue weighted by Crippen LogP contribution is 2.34. The topological polar surface area (TPSA) is 64.2 Å². The van der Waals surface area contributed by atoms with Gasteiger partial charge in [0.2, 0.25) is 0 Å². The van der Waals surface area contributed by atoms with Crippen LogP contribution in [0.1, 0.15) is 21.5 Å². The molecule has 0 atom stereocenters. The number of carbonyl (C=O) groups excluding carboxylic acids is 1. The van der Waals surface area contributed by atoms with Gasteiger partial charge in [0.05, 0.1) is 28.7 Å². The minimum absolute atomic E-state index is 0.308. The van der Waals surface area contributed by atoms with Gasteiger partial charge < -0.3 is 14.5 Å². The lowest BCUT2D eigenvalue weighted by Gasteiger charge is -2.08. The molecule has 0 saturated heterocycles. The van der Waals surface area contributed by atoms with Crippen LogP contribution < -0.4 is 4.74 Å². The van der Waals surface area contributed by atoms with Gasteiger partial charge in [-0.05, 0) is 65.9 Å². The molecule has 174 valence electrons. The fraction of sp³-hybridized carbons (Fsp3) is 0.103. The molecule has 35 heavy (non-hydrogen) atoms. The fourth-order valence-electron chi connectivity index (χ4n) is 4.11. The summed E-state index contributed by atoms with van der Waals surface area (Å²) in [5.41, 5.74) is 8.21. The number of aryl methyl sites for hydroxylation is 2. The molecule has 6 heteroatoms. The van der Waals surface area contributed by atoms with Crippen LogP contribution in [0, 0.1) is 13.8 Å². The Bertz CT molecular complexity index is 1550. The van der Waals surface area contributed by atoms with Gasteiger partial charge in [0.15, 0.2) is 0 Å². The van der Waals surface area contributed by atoms with E-state index >= 15 is 0 Å². The minimum Gasteiger partial charge on any atom is -0.465 e. The highest BCUT2D eigenvalue weighted by molar-refractivity contribution is 6.34. The number of halogens is 1. The van der Waals surface area contributed by atoms with E-state index in [1.807, 2.05) is 31.2 Å². The summed E-state index contributed by atoms with van der Waals surface area (Å²) in [4.78, 5) is 19.7. The summed E-state index contributed by atoms with van der Waals surface area (Å²) in [6, 6.07) is 26.0. The number of benzene rings is 4. The Kier molecular flexibility index (Phi) is 6.01. The molecule has 1 heterocycles. The monoisotopic (exact) mass is 482 g/mol. The number of imidazole rings is 1. The van der Waals surface area contributed by atoms with E-state index in [0.717, 1.165) is 33.3 Å². The Labute approximate surface area is 208 Å². The van der Waals surface area contributed by atoms with Crippen molar-refractivity contribution in [3.05, 3.63) is 101 Å². The van der Waals surface area contributed by atoms with Gasteiger partial charge in [-0.2, -0.15) is 4.98 Å². The number of nitrogens with one attached hydrogen (secondary N) is 1. The quantitative estimate of drug-likeness (QED) is 0.260. The van der Waals surface area contributed by atoms with Crippen molar-refractivity contribution in [2.45, 2.75) is 13.8 Å². The number of hydrogen-bond acceptors (Lipinski definition) is 4. The summed E-state index contributed by atoms with van der Waals surface area (Å²) in [6.45, 7) is 3.95. The maximum absolute atomic E-state index is 12.0. The van der Waals surface area contributed by atoms with Crippen molar-refractivity contribution in [1.82, 2.24) is 9.97 Å². The maximum Gasteiger partial charge on any atom is 0.338 e. The van der Waals surface area contributed by atoms with Crippen LogP contribution in [-0.2, 0) is 4.74 Å². The van der Waals surface area contributed by atoms with E-state index in [-0.39, 0.29) is 0 Å². The second-order valence-corrected chi connectivity index (χ2v) is 8.76. The van der Waals surface area contributed by atoms with Gasteiger partial charge in [0.1, 0.15) is 5.75 Å². The van der Waals surface area contributed by atoms with Crippen molar-refractivity contribution in [2.75, 3.05) is 7.11 Å². The van der Waals surface area contributed by atoms with E-state index in [4.69, 9.17) is 21.1 Å². The molecule has 0 spiro atoms. The Balaban J connectivity index is 1.44. The molecule has 0 unspecified atom stereocenters. The van der Waals surface area contributed by atoms with Gasteiger partial charge >= 0.3 is 5.97 Å². The normalized spacial score (nSPS) is 11.0. The molecule has 0 fully saturated rings. The van der Waals surface area contributed by atoms with Gasteiger partial charge in [-0.3, -0.25) is 0 Å². The minimum atomic E-state index is -0.414. The molecule has 1 N–H and O–H groups in total. The predicted octanol–water partition coefficient (Wildman–Crippen LogP) is 7.75. The SMILES string of the molecule is COC(=O)c1cc(Oc2nc3cc(-c4ccc(-c5ccccc5C)cc4)c(Cl)cc3[nH]2)ccc1C. The van der Waals surface area contributed by atoms with Crippen molar-refractivity contribution < 1.29 is 14.3 Å². The Morgan fingerprint density at radius 2 is 1.57 bits per heavy atom. The molecule has 0 amide bonds. The Morgan fingerprint density at radius 3 is 2.29 bits per heavy atom. The number of fused-ring (bicyclic) bond motifs is 1. The lowest BCUT2D eigenvalue weighted by molar-refractivity contribution is 0.0599. The Morgan fingerprint density at radius 1 is 0.857 bits per heavy atom. The second-order valence-electron chi connectivity index (χ2n) is 8.35. The van der Waals surface area contributed by atoms with Crippen LogP contribution in [0.5, 0.6) is 11.8 Å². The summed E-state index contributed by atoms with van der Waals surface area (Å²) < 4.78 is 10.7. The zero-order valence-corrected chi connectivity index (χ0v) is 20.3.